The molecule has 0 unspecified atom stereocenters. The van der Waals surface area contributed by atoms with Crippen LogP contribution in [0.25, 0.3) is 0 Å². The molecule has 104 valence electrons. The summed E-state index contributed by atoms with van der Waals surface area (Å²) in [6.07, 6.45) is -0.121. The summed E-state index contributed by atoms with van der Waals surface area (Å²) in [4.78, 5) is 26.6. The van der Waals surface area contributed by atoms with Gasteiger partial charge in [-0.25, -0.2) is 0 Å². The minimum absolute atomic E-state index is 0.119. The molecule has 19 heavy (non-hydrogen) atoms. The average molecular weight is 269 g/mol. The van der Waals surface area contributed by atoms with Crippen LogP contribution in [-0.2, 0) is 4.79 Å². The van der Waals surface area contributed by atoms with Crippen molar-refractivity contribution in [1.29, 1.82) is 0 Å². The fourth-order valence-corrected chi connectivity index (χ4v) is 1.56. The summed E-state index contributed by atoms with van der Waals surface area (Å²) in [5, 5.41) is 19.6. The van der Waals surface area contributed by atoms with Gasteiger partial charge in [0.15, 0.2) is 0 Å². The summed E-state index contributed by atoms with van der Waals surface area (Å²) in [5.74, 6) is -0.605. The van der Waals surface area contributed by atoms with E-state index >= 15 is 0 Å². The van der Waals surface area contributed by atoms with Crippen LogP contribution in [-0.4, -0.2) is 41.2 Å². The van der Waals surface area contributed by atoms with Gasteiger partial charge in [-0.3, -0.25) is 14.9 Å². The molecule has 1 aromatic rings. The van der Waals surface area contributed by atoms with Crippen molar-refractivity contribution in [2.24, 2.45) is 0 Å². The van der Waals surface area contributed by atoms with Gasteiger partial charge < -0.3 is 14.7 Å². The first-order chi connectivity index (χ1) is 8.99. The van der Waals surface area contributed by atoms with E-state index in [9.17, 15) is 14.9 Å². The van der Waals surface area contributed by atoms with Crippen LogP contribution in [0.4, 0.5) is 11.5 Å². The summed E-state index contributed by atoms with van der Waals surface area (Å²) in [5.41, 5.74) is -0.173. The highest BCUT2D eigenvalue weighted by molar-refractivity contribution is 5.68. The number of hydrogen-bond acceptors (Lipinski definition) is 6. The van der Waals surface area contributed by atoms with Gasteiger partial charge in [0.1, 0.15) is 0 Å². The molecule has 0 aliphatic rings. The highest BCUT2D eigenvalue weighted by Gasteiger charge is 2.21. The van der Waals surface area contributed by atoms with Crippen molar-refractivity contribution < 1.29 is 19.6 Å². The lowest BCUT2D eigenvalue weighted by Crippen LogP contribution is -2.27. The number of methoxy groups -OCH3 is 1. The van der Waals surface area contributed by atoms with E-state index in [2.05, 4.69) is 4.98 Å². The van der Waals surface area contributed by atoms with Crippen LogP contribution < -0.4 is 9.64 Å². The molecule has 0 aromatic carbocycles. The van der Waals surface area contributed by atoms with Crippen LogP contribution in [0.15, 0.2) is 12.1 Å². The van der Waals surface area contributed by atoms with E-state index in [4.69, 9.17) is 9.84 Å². The summed E-state index contributed by atoms with van der Waals surface area (Å²) in [7, 11) is 1.41. The second kappa shape index (κ2) is 6.53. The van der Waals surface area contributed by atoms with E-state index in [1.807, 2.05) is 0 Å². The Morgan fingerprint density at radius 2 is 2.26 bits per heavy atom. The molecular weight excluding hydrogens is 254 g/mol. The zero-order valence-electron chi connectivity index (χ0n) is 10.7. The van der Waals surface area contributed by atoms with E-state index in [1.54, 1.807) is 6.92 Å². The number of pyridine rings is 1. The number of aliphatic carboxylic acids is 1. The van der Waals surface area contributed by atoms with Crippen LogP contribution in [0.3, 0.4) is 0 Å². The van der Waals surface area contributed by atoms with E-state index in [0.29, 0.717) is 6.54 Å². The molecular formula is C11H15N3O5. The predicted octanol–water partition coefficient (Wildman–Crippen LogP) is 1.30. The largest absolute Gasteiger partial charge is 0.481 e. The summed E-state index contributed by atoms with van der Waals surface area (Å²) in [6.45, 7) is 2.33. The molecule has 0 aliphatic carbocycles. The number of carboxylic acid groups (broad SMARTS) is 1. The van der Waals surface area contributed by atoms with E-state index in [-0.39, 0.29) is 30.4 Å². The first-order valence-electron chi connectivity index (χ1n) is 5.65. The molecule has 0 fully saturated rings. The number of aromatic nitrogens is 1. The zero-order valence-corrected chi connectivity index (χ0v) is 10.7. The fourth-order valence-electron chi connectivity index (χ4n) is 1.56. The number of anilines is 1. The molecule has 0 saturated heterocycles. The number of ether oxygens (including phenoxy) is 1. The molecule has 1 N–H and O–H groups in total. The van der Waals surface area contributed by atoms with E-state index in [1.165, 1.54) is 24.1 Å². The molecule has 0 saturated carbocycles. The number of nitro groups is 1. The Hall–Kier alpha value is -2.38. The number of nitrogens with zero attached hydrogens (tertiary/aromatic N) is 3. The Morgan fingerprint density at radius 1 is 1.58 bits per heavy atom. The van der Waals surface area contributed by atoms with Gasteiger partial charge in [0.2, 0.25) is 11.7 Å². The Kier molecular flexibility index (Phi) is 5.04. The van der Waals surface area contributed by atoms with Crippen molar-refractivity contribution in [2.45, 2.75) is 13.3 Å². The Morgan fingerprint density at radius 3 is 2.74 bits per heavy atom. The van der Waals surface area contributed by atoms with Gasteiger partial charge in [0.25, 0.3) is 0 Å². The van der Waals surface area contributed by atoms with Crippen molar-refractivity contribution in [3.63, 3.8) is 0 Å². The Bertz CT molecular complexity index is 477. The lowest BCUT2D eigenvalue weighted by atomic mass is 10.3. The Balaban J connectivity index is 3.11. The molecule has 0 bridgehead atoms. The molecule has 0 amide bonds. The van der Waals surface area contributed by atoms with Crippen molar-refractivity contribution in [3.8, 4) is 5.88 Å². The molecule has 8 nitrogen and oxygen atoms in total. The Labute approximate surface area is 109 Å². The second-order valence-electron chi connectivity index (χ2n) is 3.68. The van der Waals surface area contributed by atoms with Crippen molar-refractivity contribution in [3.05, 3.63) is 22.2 Å². The zero-order chi connectivity index (χ0) is 14.4. The summed E-state index contributed by atoms with van der Waals surface area (Å²) in [6, 6.07) is 2.69. The molecule has 1 rings (SSSR count). The molecule has 0 radical (unpaired) electrons. The number of rotatable bonds is 7. The van der Waals surface area contributed by atoms with Gasteiger partial charge in [-0.2, -0.15) is 4.98 Å². The third-order valence-corrected chi connectivity index (χ3v) is 2.51. The van der Waals surface area contributed by atoms with Gasteiger partial charge in [-0.05, 0) is 6.92 Å². The third-order valence-electron chi connectivity index (χ3n) is 2.51. The predicted molar refractivity (Wildman–Crippen MR) is 67.6 cm³/mol. The van der Waals surface area contributed by atoms with Gasteiger partial charge in [0.05, 0.1) is 18.5 Å². The topological polar surface area (TPSA) is 106 Å². The van der Waals surface area contributed by atoms with Crippen LogP contribution in [0.1, 0.15) is 13.3 Å². The molecule has 1 aromatic heterocycles. The maximum Gasteiger partial charge on any atom is 0.311 e. The number of carboxylic acids is 1. The normalized spacial score (nSPS) is 10.0. The van der Waals surface area contributed by atoms with Crippen molar-refractivity contribution >= 4 is 17.5 Å². The molecule has 0 atom stereocenters. The molecule has 1 heterocycles. The SMILES string of the molecule is CCN(CCC(=O)O)c1nc(OC)ccc1[N+](=O)[O-]. The highest BCUT2D eigenvalue weighted by atomic mass is 16.6. The van der Waals surface area contributed by atoms with Gasteiger partial charge in [-0.1, -0.05) is 0 Å². The van der Waals surface area contributed by atoms with Gasteiger partial charge in [0, 0.05) is 25.2 Å². The summed E-state index contributed by atoms with van der Waals surface area (Å²) < 4.78 is 4.93. The molecule has 0 aliphatic heterocycles. The monoisotopic (exact) mass is 269 g/mol. The van der Waals surface area contributed by atoms with Crippen LogP contribution in [0, 0.1) is 10.1 Å². The first-order valence-corrected chi connectivity index (χ1v) is 5.65. The average Bonchev–Trinajstić information content (AvgIpc) is 2.38. The maximum atomic E-state index is 11.0. The molecule has 0 spiro atoms. The highest BCUT2D eigenvalue weighted by Crippen LogP contribution is 2.28. The van der Waals surface area contributed by atoms with E-state index < -0.39 is 10.9 Å². The van der Waals surface area contributed by atoms with Crippen molar-refractivity contribution in [2.75, 3.05) is 25.1 Å². The van der Waals surface area contributed by atoms with E-state index in [0.717, 1.165) is 0 Å². The maximum absolute atomic E-state index is 11.0. The lowest BCUT2D eigenvalue weighted by molar-refractivity contribution is -0.384. The number of hydrogen-bond donors (Lipinski definition) is 1. The quantitative estimate of drug-likeness (QED) is 0.587. The standard InChI is InChI=1S/C11H15N3O5/c1-3-13(7-6-10(15)16)11-8(14(17)18)4-5-9(12-11)19-2/h4-5H,3,6-7H2,1-2H3,(H,15,16). The fraction of sp³-hybridized carbons (Fsp3) is 0.455. The van der Waals surface area contributed by atoms with Crippen LogP contribution >= 0.6 is 0 Å². The summed E-state index contributed by atoms with van der Waals surface area (Å²) >= 11 is 0. The second-order valence-corrected chi connectivity index (χ2v) is 3.68. The van der Waals surface area contributed by atoms with Crippen LogP contribution in [0.2, 0.25) is 0 Å². The number of carbonyl (C=O) groups is 1. The van der Waals surface area contributed by atoms with Crippen LogP contribution in [0.5, 0.6) is 5.88 Å². The third kappa shape index (κ3) is 3.80. The minimum atomic E-state index is -0.969. The van der Waals surface area contributed by atoms with Gasteiger partial charge >= 0.3 is 11.7 Å². The smallest absolute Gasteiger partial charge is 0.311 e. The molecule has 8 heteroatoms. The lowest BCUT2D eigenvalue weighted by Gasteiger charge is -2.20. The van der Waals surface area contributed by atoms with Gasteiger partial charge in [-0.15, -0.1) is 0 Å². The first kappa shape index (κ1) is 14.7. The van der Waals surface area contributed by atoms with Crippen molar-refractivity contribution in [1.82, 2.24) is 4.98 Å². The minimum Gasteiger partial charge on any atom is -0.481 e.